The second-order valence-electron chi connectivity index (χ2n) is 18.6. The molecule has 0 atom stereocenters. The Morgan fingerprint density at radius 2 is 0.714 bits per heavy atom. The maximum absolute atomic E-state index is 8.04. The Morgan fingerprint density at radius 1 is 0.371 bits per heavy atom. The van der Waals surface area contributed by atoms with Crippen LogP contribution in [-0.4, -0.2) is 50.5 Å². The van der Waals surface area contributed by atoms with E-state index in [0.29, 0.717) is 24.8 Å². The lowest BCUT2D eigenvalue weighted by Gasteiger charge is -2.29. The summed E-state index contributed by atoms with van der Waals surface area (Å²) >= 11 is 0. The van der Waals surface area contributed by atoms with Gasteiger partial charge in [0.25, 0.3) is 0 Å². The number of para-hydroxylation sites is 4. The molecule has 11 rings (SSSR count). The van der Waals surface area contributed by atoms with Gasteiger partial charge in [-0.3, -0.25) is 0 Å². The number of benzene rings is 7. The van der Waals surface area contributed by atoms with Crippen LogP contribution in [0.2, 0.25) is 0 Å². The molecule has 0 unspecified atom stereocenters. The summed E-state index contributed by atoms with van der Waals surface area (Å²) in [6, 6.07) is 55.1. The quantitative estimate of drug-likeness (QED) is 0.118. The van der Waals surface area contributed by atoms with Crippen molar-refractivity contribution in [2.75, 3.05) is 70.1 Å². The Kier molecular flexibility index (Phi) is 10.6. The number of rotatable bonds is 12. The predicted molar refractivity (Wildman–Crippen MR) is 289 cm³/mol. The molecule has 7 aromatic carbocycles. The minimum absolute atomic E-state index is 0.253. The van der Waals surface area contributed by atoms with Crippen molar-refractivity contribution in [2.45, 2.75) is 54.4 Å². The van der Waals surface area contributed by atoms with Crippen molar-refractivity contribution in [3.63, 3.8) is 0 Å². The number of ether oxygens (including phenoxy) is 2. The third-order valence-corrected chi connectivity index (χ3v) is 14.6. The lowest BCUT2D eigenvalue weighted by atomic mass is 10.0. The average Bonchev–Trinajstić information content (AvgIpc) is 4.14. The zero-order valence-corrected chi connectivity index (χ0v) is 41.1. The number of anilines is 10. The number of fused-ring (bicyclic) bond motifs is 2. The monoisotopic (exact) mass is 930 g/mol. The van der Waals surface area contributed by atoms with Gasteiger partial charge in [0.2, 0.25) is 0 Å². The molecule has 10 heteroatoms. The molecule has 10 nitrogen and oxygen atoms in total. The van der Waals surface area contributed by atoms with Gasteiger partial charge in [-0.2, -0.15) is 0 Å². The van der Waals surface area contributed by atoms with Crippen LogP contribution in [0.25, 0.3) is 0 Å². The second-order valence-corrected chi connectivity index (χ2v) is 18.6. The van der Waals surface area contributed by atoms with Gasteiger partial charge in [-0.15, -0.1) is 0 Å². The molecule has 0 fully saturated rings. The van der Waals surface area contributed by atoms with Crippen molar-refractivity contribution in [3.8, 4) is 23.0 Å². The molecular weight excluding hydrogens is 865 g/mol. The van der Waals surface area contributed by atoms with Gasteiger partial charge in [0, 0.05) is 99.3 Å². The molecule has 4 heterocycles. The van der Waals surface area contributed by atoms with Crippen LogP contribution in [0.1, 0.15) is 56.8 Å². The Morgan fingerprint density at radius 3 is 1.04 bits per heavy atom. The molecule has 0 radical (unpaired) electrons. The number of allylic oxidation sites excluding steroid dienone is 4. The van der Waals surface area contributed by atoms with Crippen LogP contribution in [0.4, 0.5) is 56.9 Å². The maximum Gasteiger partial charge on any atom is 0.129 e. The van der Waals surface area contributed by atoms with Crippen molar-refractivity contribution >= 4 is 56.9 Å². The highest BCUT2D eigenvalue weighted by Gasteiger charge is 2.33. The van der Waals surface area contributed by atoms with Crippen molar-refractivity contribution < 1.29 is 13.6 Å². The highest BCUT2D eigenvalue weighted by atomic mass is 16.5. The van der Waals surface area contributed by atoms with Crippen LogP contribution in [0.3, 0.4) is 0 Å². The summed E-state index contributed by atoms with van der Waals surface area (Å²) in [5.41, 5.74) is 17.8. The molecule has 0 amide bonds. The van der Waals surface area contributed by atoms with Gasteiger partial charge in [0.1, 0.15) is 36.3 Å². The molecule has 70 heavy (non-hydrogen) atoms. The van der Waals surface area contributed by atoms with Crippen LogP contribution < -0.4 is 38.9 Å². The molecule has 7 aromatic rings. The SMILES string of the molecule is [2H]C([2H])([2H])N1CN(c2cccc(Oc3cccc(N4CN(c5cc(CC)c(N6CN(c7cccc(Oc8cccc(N9CN(C)C(C)=C9C)c8)c7)c7ccccc76)cc5CC)c5ccccc54)c3)c2)C(C)=C1C. The van der Waals surface area contributed by atoms with E-state index in [1.807, 2.05) is 67.3 Å². The van der Waals surface area contributed by atoms with E-state index in [4.69, 9.17) is 13.6 Å². The molecule has 0 aliphatic carbocycles. The second kappa shape index (κ2) is 18.2. The molecular formula is C60H62N8O2. The van der Waals surface area contributed by atoms with E-state index in [9.17, 15) is 0 Å². The first-order valence-electron chi connectivity index (χ1n) is 25.9. The van der Waals surface area contributed by atoms with E-state index in [1.54, 1.807) is 0 Å². The lowest BCUT2D eigenvalue weighted by molar-refractivity contribution is 0.459. The van der Waals surface area contributed by atoms with Crippen LogP contribution in [0.5, 0.6) is 23.0 Å². The fourth-order valence-corrected chi connectivity index (χ4v) is 10.3. The van der Waals surface area contributed by atoms with Crippen molar-refractivity contribution in [1.29, 1.82) is 0 Å². The number of aryl methyl sites for hydroxylation is 2. The lowest BCUT2D eigenvalue weighted by Crippen LogP contribution is -2.26. The minimum atomic E-state index is -2.22. The summed E-state index contributed by atoms with van der Waals surface area (Å²) in [5.74, 6) is 2.98. The molecule has 0 N–H and O–H groups in total. The average molecular weight is 930 g/mol. The summed E-state index contributed by atoms with van der Waals surface area (Å²) < 4.78 is 37.3. The summed E-state index contributed by atoms with van der Waals surface area (Å²) in [6.45, 7) is 12.8. The van der Waals surface area contributed by atoms with Gasteiger partial charge in [-0.05, 0) is 137 Å². The first-order chi connectivity index (χ1) is 35.3. The largest absolute Gasteiger partial charge is 0.457 e. The van der Waals surface area contributed by atoms with E-state index in [0.717, 1.165) is 82.2 Å². The predicted octanol–water partition coefficient (Wildman–Crippen LogP) is 14.8. The van der Waals surface area contributed by atoms with Gasteiger partial charge >= 0.3 is 0 Å². The van der Waals surface area contributed by atoms with Gasteiger partial charge in [-0.25, -0.2) is 0 Å². The normalized spacial score (nSPS) is 16.4. The van der Waals surface area contributed by atoms with Gasteiger partial charge in [0.05, 0.1) is 36.1 Å². The van der Waals surface area contributed by atoms with Gasteiger partial charge in [-0.1, -0.05) is 62.4 Å². The van der Waals surface area contributed by atoms with Crippen molar-refractivity contribution in [2.24, 2.45) is 0 Å². The highest BCUT2D eigenvalue weighted by Crippen LogP contribution is 2.50. The third kappa shape index (κ3) is 7.96. The molecule has 354 valence electrons. The highest BCUT2D eigenvalue weighted by molar-refractivity contribution is 5.91. The molecule has 0 aromatic heterocycles. The van der Waals surface area contributed by atoms with E-state index in [-0.39, 0.29) is 6.67 Å². The molecule has 4 aliphatic heterocycles. The molecule has 0 bridgehead atoms. The van der Waals surface area contributed by atoms with Gasteiger partial charge < -0.3 is 48.7 Å². The zero-order valence-electron chi connectivity index (χ0n) is 44.1. The maximum atomic E-state index is 8.04. The Bertz CT molecular complexity index is 3320. The number of nitrogens with zero attached hydrogens (tertiary/aromatic N) is 8. The smallest absolute Gasteiger partial charge is 0.129 e. The molecule has 0 spiro atoms. The van der Waals surface area contributed by atoms with Crippen LogP contribution in [-0.2, 0) is 12.8 Å². The zero-order chi connectivity index (χ0) is 50.7. The Hall–Kier alpha value is -7.98. The molecule has 0 saturated carbocycles. The van der Waals surface area contributed by atoms with E-state index >= 15 is 0 Å². The van der Waals surface area contributed by atoms with E-state index in [1.165, 1.54) is 44.5 Å². The first kappa shape index (κ1) is 41.0. The van der Waals surface area contributed by atoms with Crippen LogP contribution in [0, 0.1) is 0 Å². The van der Waals surface area contributed by atoms with Gasteiger partial charge in [0.15, 0.2) is 0 Å². The third-order valence-electron chi connectivity index (χ3n) is 14.6. The summed E-state index contributed by atoms with van der Waals surface area (Å²) in [5, 5.41) is 0. The summed E-state index contributed by atoms with van der Waals surface area (Å²) in [4.78, 5) is 17.7. The number of hydrogen-bond acceptors (Lipinski definition) is 10. The van der Waals surface area contributed by atoms with Crippen molar-refractivity contribution in [1.82, 2.24) is 9.80 Å². The fraction of sp³-hybridized carbons (Fsp3) is 0.233. The first-order valence-corrected chi connectivity index (χ1v) is 24.4. The Balaban J connectivity index is 0.846. The van der Waals surface area contributed by atoms with E-state index < -0.39 is 6.98 Å². The molecule has 0 saturated heterocycles. The number of hydrogen-bond donors (Lipinski definition) is 0. The Labute approximate surface area is 417 Å². The topological polar surface area (TPSA) is 44.4 Å². The van der Waals surface area contributed by atoms with Crippen LogP contribution >= 0.6 is 0 Å². The standard InChI is InChI=1S/C60H62N8O2/c1-9-45-31-60(68-40-66(56-28-12-14-30-58(56)68)50-22-18-26-54(36-50)70-52-24-16-20-48(34-52)64-38-62(8)42(4)44(64)6)46(10-2)32-59(45)67-39-65(55-27-11-13-29-57(55)67)49-21-17-25-53(35-49)69-51-23-15-19-47(33-51)63-37-61(7)41(3)43(63)5/h11-36H,9-10,37-40H2,1-8H3/i7D3. The van der Waals surface area contributed by atoms with E-state index in [2.05, 4.69) is 173 Å². The minimum Gasteiger partial charge on any atom is -0.457 e. The van der Waals surface area contributed by atoms with Crippen LogP contribution in [0.15, 0.2) is 181 Å². The fourth-order valence-electron chi connectivity index (χ4n) is 10.3. The molecule has 4 aliphatic rings. The van der Waals surface area contributed by atoms with Crippen molar-refractivity contribution in [3.05, 3.63) is 192 Å². The summed E-state index contributed by atoms with van der Waals surface area (Å²) in [6.07, 6.45) is 1.72. The summed E-state index contributed by atoms with van der Waals surface area (Å²) in [7, 11) is 2.13.